The molecule has 0 aromatic carbocycles. The van der Waals surface area contributed by atoms with Crippen LogP contribution in [0.4, 0.5) is 0 Å². The van der Waals surface area contributed by atoms with E-state index in [2.05, 4.69) is 4.98 Å². The number of likely N-dealkylation sites (tertiary alicyclic amines) is 1. The molecule has 2 aromatic rings. The maximum absolute atomic E-state index is 13.1. The van der Waals surface area contributed by atoms with Gasteiger partial charge in [0.15, 0.2) is 0 Å². The Morgan fingerprint density at radius 1 is 1.24 bits per heavy atom. The fourth-order valence-corrected chi connectivity index (χ4v) is 4.77. The molecule has 132 valence electrons. The van der Waals surface area contributed by atoms with Gasteiger partial charge >= 0.3 is 0 Å². The number of rotatable bonds is 2. The molecule has 0 N–H and O–H groups in total. The number of morpholine rings is 1. The van der Waals surface area contributed by atoms with Crippen molar-refractivity contribution in [2.24, 2.45) is 0 Å². The van der Waals surface area contributed by atoms with Crippen molar-refractivity contribution in [3.8, 4) is 0 Å². The van der Waals surface area contributed by atoms with Crippen molar-refractivity contribution in [3.05, 3.63) is 28.8 Å². The minimum Gasteiger partial charge on any atom is -0.370 e. The Morgan fingerprint density at radius 3 is 2.80 bits per heavy atom. The minimum atomic E-state index is -0.280. The average molecular weight is 359 g/mol. The number of hydrogen-bond acceptors (Lipinski definition) is 5. The number of pyridine rings is 1. The average Bonchev–Trinajstić information content (AvgIpc) is 3.29. The first-order chi connectivity index (χ1) is 12.1. The SMILES string of the molecule is CC(=O)N1CCOC(c2c(C(=O)N3CCCC3)sc3ncccc23)C1. The number of thiophene rings is 1. The number of hydrogen-bond donors (Lipinski definition) is 0. The smallest absolute Gasteiger partial charge is 0.264 e. The van der Waals surface area contributed by atoms with Crippen LogP contribution in [-0.2, 0) is 9.53 Å². The predicted octanol–water partition coefficient (Wildman–Crippen LogP) is 2.45. The summed E-state index contributed by atoms with van der Waals surface area (Å²) < 4.78 is 5.98. The van der Waals surface area contributed by atoms with E-state index in [0.29, 0.717) is 24.6 Å². The number of carbonyl (C=O) groups excluding carboxylic acids is 2. The van der Waals surface area contributed by atoms with E-state index in [1.54, 1.807) is 18.0 Å². The number of aromatic nitrogens is 1. The molecule has 1 unspecified atom stereocenters. The van der Waals surface area contributed by atoms with Crippen LogP contribution in [0.1, 0.15) is 41.1 Å². The van der Waals surface area contributed by atoms with Crippen molar-refractivity contribution < 1.29 is 14.3 Å². The first-order valence-electron chi connectivity index (χ1n) is 8.69. The van der Waals surface area contributed by atoms with Gasteiger partial charge in [0.1, 0.15) is 15.8 Å². The highest BCUT2D eigenvalue weighted by atomic mass is 32.1. The molecule has 2 amide bonds. The third-order valence-electron chi connectivity index (χ3n) is 4.93. The Hall–Kier alpha value is -1.99. The van der Waals surface area contributed by atoms with Gasteiger partial charge in [0.2, 0.25) is 5.91 Å². The number of ether oxygens (including phenoxy) is 1. The third-order valence-corrected chi connectivity index (χ3v) is 6.04. The lowest BCUT2D eigenvalue weighted by atomic mass is 10.0. The van der Waals surface area contributed by atoms with Crippen molar-refractivity contribution in [2.75, 3.05) is 32.8 Å². The summed E-state index contributed by atoms with van der Waals surface area (Å²) in [6.45, 7) is 4.76. The molecule has 2 saturated heterocycles. The highest BCUT2D eigenvalue weighted by Crippen LogP contribution is 2.38. The Balaban J connectivity index is 1.76. The van der Waals surface area contributed by atoms with Gasteiger partial charge in [-0.3, -0.25) is 9.59 Å². The molecule has 0 bridgehead atoms. The molecule has 0 spiro atoms. The molecule has 4 rings (SSSR count). The van der Waals surface area contributed by atoms with E-state index in [1.807, 2.05) is 17.0 Å². The molecular formula is C18H21N3O3S. The molecule has 1 atom stereocenters. The lowest BCUT2D eigenvalue weighted by Crippen LogP contribution is -2.41. The summed E-state index contributed by atoms with van der Waals surface area (Å²) in [6.07, 6.45) is 3.58. The van der Waals surface area contributed by atoms with Gasteiger partial charge in [0, 0.05) is 43.7 Å². The summed E-state index contributed by atoms with van der Waals surface area (Å²) >= 11 is 1.44. The molecule has 25 heavy (non-hydrogen) atoms. The molecular weight excluding hydrogens is 338 g/mol. The van der Waals surface area contributed by atoms with E-state index in [-0.39, 0.29) is 17.9 Å². The zero-order valence-electron chi connectivity index (χ0n) is 14.2. The highest BCUT2D eigenvalue weighted by Gasteiger charge is 2.32. The standard InChI is InChI=1S/C18H21N3O3S/c1-12(22)21-9-10-24-14(11-21)15-13-5-4-6-19-17(13)25-16(15)18(23)20-7-2-3-8-20/h4-6,14H,2-3,7-11H2,1H3. The van der Waals surface area contributed by atoms with Crippen LogP contribution in [0.3, 0.4) is 0 Å². The number of amides is 2. The third kappa shape index (κ3) is 3.02. The Bertz CT molecular complexity index is 813. The zero-order chi connectivity index (χ0) is 17.4. The van der Waals surface area contributed by atoms with Crippen molar-refractivity contribution in [3.63, 3.8) is 0 Å². The highest BCUT2D eigenvalue weighted by molar-refractivity contribution is 7.20. The topological polar surface area (TPSA) is 62.7 Å². The first kappa shape index (κ1) is 16.5. The van der Waals surface area contributed by atoms with Crippen LogP contribution in [0.25, 0.3) is 10.2 Å². The molecule has 7 heteroatoms. The van der Waals surface area contributed by atoms with Gasteiger partial charge in [-0.05, 0) is 18.9 Å². The van der Waals surface area contributed by atoms with E-state index >= 15 is 0 Å². The Labute approximate surface area is 150 Å². The lowest BCUT2D eigenvalue weighted by molar-refractivity contribution is -0.136. The molecule has 2 aromatic heterocycles. The van der Waals surface area contributed by atoms with Crippen molar-refractivity contribution in [1.82, 2.24) is 14.8 Å². The molecule has 2 aliphatic heterocycles. The van der Waals surface area contributed by atoms with Crippen LogP contribution >= 0.6 is 11.3 Å². The molecule has 6 nitrogen and oxygen atoms in total. The maximum atomic E-state index is 13.1. The van der Waals surface area contributed by atoms with Crippen molar-refractivity contribution in [2.45, 2.75) is 25.9 Å². The van der Waals surface area contributed by atoms with Crippen LogP contribution in [-0.4, -0.2) is 59.4 Å². The largest absolute Gasteiger partial charge is 0.370 e. The molecule has 0 saturated carbocycles. The van der Waals surface area contributed by atoms with Gasteiger partial charge in [-0.1, -0.05) is 6.07 Å². The van der Waals surface area contributed by atoms with E-state index in [4.69, 9.17) is 4.74 Å². The molecule has 0 aliphatic carbocycles. The number of nitrogens with zero attached hydrogens (tertiary/aromatic N) is 3. The number of fused-ring (bicyclic) bond motifs is 1. The van der Waals surface area contributed by atoms with E-state index in [0.717, 1.165) is 41.7 Å². The molecule has 2 aliphatic rings. The van der Waals surface area contributed by atoms with Crippen LogP contribution < -0.4 is 0 Å². The summed E-state index contributed by atoms with van der Waals surface area (Å²) in [5.74, 6) is 0.109. The summed E-state index contributed by atoms with van der Waals surface area (Å²) in [5.41, 5.74) is 0.899. The maximum Gasteiger partial charge on any atom is 0.264 e. The van der Waals surface area contributed by atoms with Crippen LogP contribution in [0.2, 0.25) is 0 Å². The fourth-order valence-electron chi connectivity index (χ4n) is 3.60. The molecule has 0 radical (unpaired) electrons. The van der Waals surface area contributed by atoms with Crippen molar-refractivity contribution >= 4 is 33.4 Å². The quantitative estimate of drug-likeness (QED) is 0.826. The van der Waals surface area contributed by atoms with E-state index in [1.165, 1.54) is 11.3 Å². The number of carbonyl (C=O) groups is 2. The van der Waals surface area contributed by atoms with Gasteiger partial charge < -0.3 is 14.5 Å². The van der Waals surface area contributed by atoms with E-state index < -0.39 is 0 Å². The summed E-state index contributed by atoms with van der Waals surface area (Å²) in [7, 11) is 0. The lowest BCUT2D eigenvalue weighted by Gasteiger charge is -2.33. The first-order valence-corrected chi connectivity index (χ1v) is 9.50. The normalized spacial score (nSPS) is 21.1. The summed E-state index contributed by atoms with van der Waals surface area (Å²) in [5, 5.41) is 0.963. The Kier molecular flexibility index (Phi) is 4.43. The minimum absolute atomic E-state index is 0.0402. The molecule has 4 heterocycles. The second kappa shape index (κ2) is 6.72. The van der Waals surface area contributed by atoms with Crippen LogP contribution in [0.15, 0.2) is 18.3 Å². The fraction of sp³-hybridized carbons (Fsp3) is 0.500. The van der Waals surface area contributed by atoms with Crippen LogP contribution in [0, 0.1) is 0 Å². The van der Waals surface area contributed by atoms with Gasteiger partial charge in [-0.25, -0.2) is 4.98 Å². The van der Waals surface area contributed by atoms with E-state index in [9.17, 15) is 9.59 Å². The zero-order valence-corrected chi connectivity index (χ0v) is 15.1. The predicted molar refractivity (Wildman–Crippen MR) is 95.7 cm³/mol. The molecule has 2 fully saturated rings. The second-order valence-electron chi connectivity index (χ2n) is 6.52. The Morgan fingerprint density at radius 2 is 2.04 bits per heavy atom. The van der Waals surface area contributed by atoms with Gasteiger partial charge in [0.25, 0.3) is 5.91 Å². The van der Waals surface area contributed by atoms with Gasteiger partial charge in [-0.15, -0.1) is 11.3 Å². The van der Waals surface area contributed by atoms with Crippen LogP contribution in [0.5, 0.6) is 0 Å². The summed E-state index contributed by atoms with van der Waals surface area (Å²) in [4.78, 5) is 34.6. The second-order valence-corrected chi connectivity index (χ2v) is 7.52. The van der Waals surface area contributed by atoms with Gasteiger partial charge in [0.05, 0.1) is 13.2 Å². The summed E-state index contributed by atoms with van der Waals surface area (Å²) in [6, 6.07) is 3.87. The monoisotopic (exact) mass is 359 g/mol. The van der Waals surface area contributed by atoms with Crippen molar-refractivity contribution in [1.29, 1.82) is 0 Å². The van der Waals surface area contributed by atoms with Gasteiger partial charge in [-0.2, -0.15) is 0 Å².